The van der Waals surface area contributed by atoms with Crippen molar-refractivity contribution in [2.75, 3.05) is 20.2 Å². The number of ether oxygens (including phenoxy) is 1. The zero-order chi connectivity index (χ0) is 11.4. The predicted octanol–water partition coefficient (Wildman–Crippen LogP) is -0.931. The van der Waals surface area contributed by atoms with Gasteiger partial charge in [-0.1, -0.05) is 0 Å². The average Bonchev–Trinajstić information content (AvgIpc) is 2.56. The Morgan fingerprint density at radius 2 is 2.07 bits per heavy atom. The fourth-order valence-corrected chi connectivity index (χ4v) is 1.56. The van der Waals surface area contributed by atoms with E-state index in [1.54, 1.807) is 0 Å². The number of aliphatic hydroxyl groups is 1. The largest absolute Gasteiger partial charge is 0.481 e. The van der Waals surface area contributed by atoms with Gasteiger partial charge in [-0.05, 0) is 0 Å². The molecule has 1 heterocycles. The molecule has 0 bridgehead atoms. The minimum absolute atomic E-state index is 0.0293. The first-order valence-electron chi connectivity index (χ1n) is 4.75. The van der Waals surface area contributed by atoms with E-state index in [0.29, 0.717) is 6.54 Å². The van der Waals surface area contributed by atoms with E-state index in [2.05, 4.69) is 0 Å². The van der Waals surface area contributed by atoms with Crippen LogP contribution < -0.4 is 0 Å². The highest BCUT2D eigenvalue weighted by molar-refractivity contribution is 5.81. The summed E-state index contributed by atoms with van der Waals surface area (Å²) in [6, 6.07) is 0. The van der Waals surface area contributed by atoms with Crippen LogP contribution in [0.4, 0.5) is 0 Å². The number of amides is 1. The quantitative estimate of drug-likeness (QED) is 0.635. The van der Waals surface area contributed by atoms with Crippen molar-refractivity contribution < 1.29 is 24.5 Å². The maximum absolute atomic E-state index is 11.5. The summed E-state index contributed by atoms with van der Waals surface area (Å²) in [6.45, 7) is 0.549. The number of hydrogen-bond donors (Lipinski definition) is 2. The summed E-state index contributed by atoms with van der Waals surface area (Å²) < 4.78 is 4.97. The molecule has 6 heteroatoms. The fraction of sp³-hybridized carbons (Fsp3) is 0.778. The van der Waals surface area contributed by atoms with Crippen LogP contribution in [0.5, 0.6) is 0 Å². The lowest BCUT2D eigenvalue weighted by Gasteiger charge is -2.14. The van der Waals surface area contributed by atoms with Crippen molar-refractivity contribution >= 4 is 11.9 Å². The van der Waals surface area contributed by atoms with Crippen LogP contribution in [-0.4, -0.2) is 59.4 Å². The van der Waals surface area contributed by atoms with E-state index in [1.807, 2.05) is 0 Å². The first-order chi connectivity index (χ1) is 7.04. The molecule has 0 aromatic carbocycles. The second kappa shape index (κ2) is 5.09. The SMILES string of the molecule is CO[C@@H]1CN(C(=O)CCC(=O)O)C[C@H]1O. The maximum atomic E-state index is 11.5. The van der Waals surface area contributed by atoms with Gasteiger partial charge in [0, 0.05) is 26.6 Å². The third-order valence-electron chi connectivity index (χ3n) is 2.45. The molecule has 0 unspecified atom stereocenters. The third kappa shape index (κ3) is 3.17. The number of hydrogen-bond acceptors (Lipinski definition) is 4. The molecular formula is C9H15NO5. The highest BCUT2D eigenvalue weighted by Gasteiger charge is 2.33. The topological polar surface area (TPSA) is 87.1 Å². The van der Waals surface area contributed by atoms with Crippen LogP contribution in [0.2, 0.25) is 0 Å². The summed E-state index contributed by atoms with van der Waals surface area (Å²) in [7, 11) is 1.47. The zero-order valence-electron chi connectivity index (χ0n) is 8.55. The second-order valence-electron chi connectivity index (χ2n) is 3.53. The van der Waals surface area contributed by atoms with Gasteiger partial charge in [0.2, 0.25) is 5.91 Å². The van der Waals surface area contributed by atoms with Crippen LogP contribution in [0.15, 0.2) is 0 Å². The van der Waals surface area contributed by atoms with Gasteiger partial charge in [-0.2, -0.15) is 0 Å². The number of β-amino-alcohol motifs (C(OH)–C–C–N with tert-alkyl or cyclic N) is 1. The van der Waals surface area contributed by atoms with Gasteiger partial charge in [0.05, 0.1) is 12.5 Å². The number of likely N-dealkylation sites (tertiary alicyclic amines) is 1. The van der Waals surface area contributed by atoms with E-state index in [4.69, 9.17) is 9.84 Å². The molecule has 6 nitrogen and oxygen atoms in total. The molecular weight excluding hydrogens is 202 g/mol. The van der Waals surface area contributed by atoms with Gasteiger partial charge in [-0.15, -0.1) is 0 Å². The van der Waals surface area contributed by atoms with Crippen molar-refractivity contribution in [3.8, 4) is 0 Å². The minimum Gasteiger partial charge on any atom is -0.481 e. The molecule has 0 saturated carbocycles. The monoisotopic (exact) mass is 217 g/mol. The van der Waals surface area contributed by atoms with Crippen molar-refractivity contribution in [3.05, 3.63) is 0 Å². The molecule has 1 amide bonds. The average molecular weight is 217 g/mol. The smallest absolute Gasteiger partial charge is 0.303 e. The van der Waals surface area contributed by atoms with Gasteiger partial charge >= 0.3 is 5.97 Å². The first kappa shape index (κ1) is 11.9. The summed E-state index contributed by atoms with van der Waals surface area (Å²) in [5.41, 5.74) is 0. The van der Waals surface area contributed by atoms with Crippen LogP contribution >= 0.6 is 0 Å². The van der Waals surface area contributed by atoms with E-state index in [9.17, 15) is 14.7 Å². The van der Waals surface area contributed by atoms with Gasteiger partial charge in [-0.3, -0.25) is 9.59 Å². The van der Waals surface area contributed by atoms with Crippen molar-refractivity contribution in [1.29, 1.82) is 0 Å². The van der Waals surface area contributed by atoms with E-state index in [1.165, 1.54) is 12.0 Å². The highest BCUT2D eigenvalue weighted by Crippen LogP contribution is 2.14. The van der Waals surface area contributed by atoms with Crippen molar-refractivity contribution in [1.82, 2.24) is 4.90 Å². The number of rotatable bonds is 4. The van der Waals surface area contributed by atoms with E-state index < -0.39 is 12.1 Å². The Morgan fingerprint density at radius 3 is 2.53 bits per heavy atom. The van der Waals surface area contributed by atoms with Crippen LogP contribution in [0, 0.1) is 0 Å². The molecule has 86 valence electrons. The summed E-state index contributed by atoms with van der Waals surface area (Å²) in [4.78, 5) is 23.1. The maximum Gasteiger partial charge on any atom is 0.303 e. The van der Waals surface area contributed by atoms with Crippen molar-refractivity contribution in [2.24, 2.45) is 0 Å². The molecule has 1 rings (SSSR count). The van der Waals surface area contributed by atoms with Gasteiger partial charge < -0.3 is 19.8 Å². The standard InChI is InChI=1S/C9H15NO5/c1-15-7-5-10(4-6(7)11)8(12)2-3-9(13)14/h6-7,11H,2-5H2,1H3,(H,13,14)/t6-,7-/m1/s1. The number of methoxy groups -OCH3 is 1. The molecule has 1 fully saturated rings. The Labute approximate surface area is 87.4 Å². The van der Waals surface area contributed by atoms with Crippen LogP contribution in [0.25, 0.3) is 0 Å². The fourth-order valence-electron chi connectivity index (χ4n) is 1.56. The Balaban J connectivity index is 2.39. The van der Waals surface area contributed by atoms with Crippen molar-refractivity contribution in [2.45, 2.75) is 25.0 Å². The molecule has 1 aliphatic rings. The molecule has 0 aromatic rings. The normalized spacial score (nSPS) is 25.6. The van der Waals surface area contributed by atoms with E-state index in [0.717, 1.165) is 0 Å². The zero-order valence-corrected chi connectivity index (χ0v) is 8.55. The lowest BCUT2D eigenvalue weighted by atomic mass is 10.3. The molecule has 15 heavy (non-hydrogen) atoms. The summed E-state index contributed by atoms with van der Waals surface area (Å²) in [6.07, 6.45) is -1.25. The lowest BCUT2D eigenvalue weighted by molar-refractivity contribution is -0.140. The van der Waals surface area contributed by atoms with Gasteiger partial charge in [-0.25, -0.2) is 0 Å². The van der Waals surface area contributed by atoms with Gasteiger partial charge in [0.15, 0.2) is 0 Å². The Kier molecular flexibility index (Phi) is 4.05. The minimum atomic E-state index is -0.994. The lowest BCUT2D eigenvalue weighted by Crippen LogP contribution is -2.30. The Bertz CT molecular complexity index is 255. The van der Waals surface area contributed by atoms with Gasteiger partial charge in [0.25, 0.3) is 0 Å². The number of carboxylic acids is 1. The van der Waals surface area contributed by atoms with E-state index in [-0.39, 0.29) is 31.4 Å². The molecule has 2 N–H and O–H groups in total. The molecule has 0 aromatic heterocycles. The molecule has 0 spiro atoms. The first-order valence-corrected chi connectivity index (χ1v) is 4.75. The number of aliphatic carboxylic acids is 1. The molecule has 1 saturated heterocycles. The molecule has 1 aliphatic heterocycles. The number of aliphatic hydroxyl groups excluding tert-OH is 1. The van der Waals surface area contributed by atoms with Crippen LogP contribution in [-0.2, 0) is 14.3 Å². The van der Waals surface area contributed by atoms with Crippen molar-refractivity contribution in [3.63, 3.8) is 0 Å². The Hall–Kier alpha value is -1.14. The Morgan fingerprint density at radius 1 is 1.40 bits per heavy atom. The summed E-state index contributed by atoms with van der Waals surface area (Å²) in [5.74, 6) is -1.25. The molecule has 0 aliphatic carbocycles. The summed E-state index contributed by atoms with van der Waals surface area (Å²) >= 11 is 0. The number of carboxylic acid groups (broad SMARTS) is 1. The molecule has 0 radical (unpaired) electrons. The van der Waals surface area contributed by atoms with Crippen LogP contribution in [0.1, 0.15) is 12.8 Å². The molecule has 2 atom stereocenters. The van der Waals surface area contributed by atoms with Gasteiger partial charge in [0.1, 0.15) is 6.10 Å². The predicted molar refractivity (Wildman–Crippen MR) is 50.3 cm³/mol. The third-order valence-corrected chi connectivity index (χ3v) is 2.45. The summed E-state index contributed by atoms with van der Waals surface area (Å²) in [5, 5.41) is 17.9. The number of carbonyl (C=O) groups is 2. The highest BCUT2D eigenvalue weighted by atomic mass is 16.5. The second-order valence-corrected chi connectivity index (χ2v) is 3.53. The number of nitrogens with zero attached hydrogens (tertiary/aromatic N) is 1. The van der Waals surface area contributed by atoms with E-state index >= 15 is 0 Å². The van der Waals surface area contributed by atoms with Crippen LogP contribution in [0.3, 0.4) is 0 Å². The number of carbonyl (C=O) groups excluding carboxylic acids is 1.